The van der Waals surface area contributed by atoms with Crippen molar-refractivity contribution in [3.63, 3.8) is 0 Å². The monoisotopic (exact) mass is 256 g/mol. The van der Waals surface area contributed by atoms with E-state index in [1.165, 1.54) is 6.33 Å². The van der Waals surface area contributed by atoms with Crippen LogP contribution in [-0.4, -0.2) is 22.0 Å². The number of aryl methyl sites for hydroxylation is 1. The molecule has 1 aromatic carbocycles. The van der Waals surface area contributed by atoms with Crippen molar-refractivity contribution in [1.29, 1.82) is 0 Å². The van der Waals surface area contributed by atoms with E-state index in [0.717, 1.165) is 5.56 Å². The third-order valence-corrected chi connectivity index (χ3v) is 2.63. The lowest BCUT2D eigenvalue weighted by molar-refractivity contribution is 0.0377. The zero-order valence-electron chi connectivity index (χ0n) is 11.3. The molecule has 98 valence electrons. The van der Waals surface area contributed by atoms with E-state index < -0.39 is 0 Å². The van der Waals surface area contributed by atoms with Crippen LogP contribution in [0.3, 0.4) is 0 Å². The van der Waals surface area contributed by atoms with Crippen LogP contribution in [0.5, 0.6) is 0 Å². The summed E-state index contributed by atoms with van der Waals surface area (Å²) in [6, 6.07) is 9.56. The number of hydrogen-bond acceptors (Lipinski definition) is 4. The Bertz CT molecular complexity index is 580. The van der Waals surface area contributed by atoms with Gasteiger partial charge in [0.05, 0.1) is 17.5 Å². The van der Waals surface area contributed by atoms with Gasteiger partial charge in [-0.25, -0.2) is 14.8 Å². The highest BCUT2D eigenvalue weighted by atomic mass is 16.5. The van der Waals surface area contributed by atoms with Crippen LogP contribution in [-0.2, 0) is 4.74 Å². The fourth-order valence-corrected chi connectivity index (χ4v) is 1.81. The van der Waals surface area contributed by atoms with Gasteiger partial charge in [0.25, 0.3) is 0 Å². The summed E-state index contributed by atoms with van der Waals surface area (Å²) in [6.45, 7) is 5.42. The second kappa shape index (κ2) is 5.61. The Labute approximate surface area is 112 Å². The first-order valence-corrected chi connectivity index (χ1v) is 6.17. The van der Waals surface area contributed by atoms with E-state index in [9.17, 15) is 4.79 Å². The molecule has 1 aromatic heterocycles. The van der Waals surface area contributed by atoms with Crippen LogP contribution in [0, 0.1) is 6.92 Å². The summed E-state index contributed by atoms with van der Waals surface area (Å²) >= 11 is 0. The van der Waals surface area contributed by atoms with Gasteiger partial charge in [-0.05, 0) is 20.8 Å². The van der Waals surface area contributed by atoms with Crippen LogP contribution in [0.15, 0.2) is 36.7 Å². The Kier molecular flexibility index (Phi) is 3.90. The molecule has 4 heteroatoms. The molecule has 0 saturated heterocycles. The molecule has 0 amide bonds. The van der Waals surface area contributed by atoms with Crippen LogP contribution in [0.1, 0.15) is 29.9 Å². The lowest BCUT2D eigenvalue weighted by Gasteiger charge is -2.12. The quantitative estimate of drug-likeness (QED) is 0.792. The Morgan fingerprint density at radius 1 is 1.16 bits per heavy atom. The highest BCUT2D eigenvalue weighted by Gasteiger charge is 2.20. The summed E-state index contributed by atoms with van der Waals surface area (Å²) in [5, 5.41) is 0. The van der Waals surface area contributed by atoms with Gasteiger partial charge in [-0.15, -0.1) is 0 Å². The molecule has 1 heterocycles. The molecule has 2 rings (SSSR count). The van der Waals surface area contributed by atoms with Gasteiger partial charge in [0.1, 0.15) is 11.9 Å². The fraction of sp³-hybridized carbons (Fsp3) is 0.267. The first-order valence-electron chi connectivity index (χ1n) is 6.17. The number of rotatable bonds is 3. The molecule has 0 atom stereocenters. The Morgan fingerprint density at radius 3 is 2.47 bits per heavy atom. The molecular weight excluding hydrogens is 240 g/mol. The van der Waals surface area contributed by atoms with Gasteiger partial charge in [0, 0.05) is 5.56 Å². The van der Waals surface area contributed by atoms with Crippen LogP contribution in [0.25, 0.3) is 11.3 Å². The maximum Gasteiger partial charge on any atom is 0.342 e. The number of hydrogen-bond donors (Lipinski definition) is 0. The van der Waals surface area contributed by atoms with Gasteiger partial charge in [0.15, 0.2) is 0 Å². The van der Waals surface area contributed by atoms with Gasteiger partial charge < -0.3 is 4.74 Å². The Morgan fingerprint density at radius 2 is 1.84 bits per heavy atom. The topological polar surface area (TPSA) is 52.1 Å². The van der Waals surface area contributed by atoms with Crippen molar-refractivity contribution in [2.75, 3.05) is 0 Å². The molecular formula is C15H16N2O2. The summed E-state index contributed by atoms with van der Waals surface area (Å²) in [4.78, 5) is 20.5. The standard InChI is InChI=1S/C15H16N2O2/c1-10(2)19-15(18)13-11(3)16-9-17-14(13)12-7-5-4-6-8-12/h4-10H,1-3H3. The molecule has 0 fully saturated rings. The molecule has 2 aromatic rings. The normalized spacial score (nSPS) is 10.5. The number of esters is 1. The van der Waals surface area contributed by atoms with Crippen molar-refractivity contribution in [2.45, 2.75) is 26.9 Å². The van der Waals surface area contributed by atoms with Crippen LogP contribution >= 0.6 is 0 Å². The lowest BCUT2D eigenvalue weighted by Crippen LogP contribution is -2.15. The number of aromatic nitrogens is 2. The van der Waals surface area contributed by atoms with Crippen molar-refractivity contribution in [3.05, 3.63) is 47.9 Å². The van der Waals surface area contributed by atoms with Gasteiger partial charge in [-0.3, -0.25) is 0 Å². The first-order chi connectivity index (χ1) is 9.09. The minimum absolute atomic E-state index is 0.171. The largest absolute Gasteiger partial charge is 0.459 e. The summed E-state index contributed by atoms with van der Waals surface area (Å²) in [5.41, 5.74) is 2.55. The van der Waals surface area contributed by atoms with Crippen molar-refractivity contribution >= 4 is 5.97 Å². The average Bonchev–Trinajstić information content (AvgIpc) is 2.38. The molecule has 0 spiro atoms. The number of benzene rings is 1. The highest BCUT2D eigenvalue weighted by Crippen LogP contribution is 2.23. The maximum absolute atomic E-state index is 12.2. The molecule has 0 N–H and O–H groups in total. The van der Waals surface area contributed by atoms with Crippen molar-refractivity contribution in [1.82, 2.24) is 9.97 Å². The number of ether oxygens (including phenoxy) is 1. The van der Waals surface area contributed by atoms with E-state index in [0.29, 0.717) is 17.0 Å². The second-order valence-electron chi connectivity index (χ2n) is 4.50. The van der Waals surface area contributed by atoms with E-state index in [1.54, 1.807) is 6.92 Å². The van der Waals surface area contributed by atoms with Gasteiger partial charge in [-0.1, -0.05) is 30.3 Å². The predicted octanol–water partition coefficient (Wildman–Crippen LogP) is 3.02. The van der Waals surface area contributed by atoms with Crippen LogP contribution in [0.2, 0.25) is 0 Å². The SMILES string of the molecule is Cc1ncnc(-c2ccccc2)c1C(=O)OC(C)C. The number of carbonyl (C=O) groups is 1. The summed E-state index contributed by atoms with van der Waals surface area (Å²) in [6.07, 6.45) is 1.29. The maximum atomic E-state index is 12.2. The van der Waals surface area contributed by atoms with Crippen molar-refractivity contribution < 1.29 is 9.53 Å². The van der Waals surface area contributed by atoms with Crippen molar-refractivity contribution in [2.24, 2.45) is 0 Å². The van der Waals surface area contributed by atoms with E-state index in [-0.39, 0.29) is 12.1 Å². The van der Waals surface area contributed by atoms with E-state index >= 15 is 0 Å². The number of nitrogens with zero attached hydrogens (tertiary/aromatic N) is 2. The average molecular weight is 256 g/mol. The van der Waals surface area contributed by atoms with Crippen LogP contribution < -0.4 is 0 Å². The van der Waals surface area contributed by atoms with E-state index in [1.807, 2.05) is 44.2 Å². The molecule has 0 aliphatic carbocycles. The Hall–Kier alpha value is -2.23. The molecule has 19 heavy (non-hydrogen) atoms. The van der Waals surface area contributed by atoms with Crippen molar-refractivity contribution in [3.8, 4) is 11.3 Å². The third kappa shape index (κ3) is 2.96. The zero-order chi connectivity index (χ0) is 13.8. The molecule has 0 aliphatic heterocycles. The smallest absolute Gasteiger partial charge is 0.342 e. The molecule has 0 bridgehead atoms. The second-order valence-corrected chi connectivity index (χ2v) is 4.50. The molecule has 0 aliphatic rings. The molecule has 0 radical (unpaired) electrons. The summed E-state index contributed by atoms with van der Waals surface area (Å²) < 4.78 is 5.26. The first kappa shape index (κ1) is 13.2. The number of carbonyl (C=O) groups excluding carboxylic acids is 1. The van der Waals surface area contributed by atoms with Gasteiger partial charge in [-0.2, -0.15) is 0 Å². The summed E-state index contributed by atoms with van der Waals surface area (Å²) in [7, 11) is 0. The molecule has 0 saturated carbocycles. The predicted molar refractivity (Wildman–Crippen MR) is 72.8 cm³/mol. The zero-order valence-corrected chi connectivity index (χ0v) is 11.3. The lowest BCUT2D eigenvalue weighted by atomic mass is 10.0. The van der Waals surface area contributed by atoms with E-state index in [2.05, 4.69) is 9.97 Å². The van der Waals surface area contributed by atoms with Crippen LogP contribution in [0.4, 0.5) is 0 Å². The molecule has 4 nitrogen and oxygen atoms in total. The van der Waals surface area contributed by atoms with Gasteiger partial charge >= 0.3 is 5.97 Å². The minimum atomic E-state index is -0.382. The Balaban J connectivity index is 2.51. The minimum Gasteiger partial charge on any atom is -0.459 e. The van der Waals surface area contributed by atoms with Gasteiger partial charge in [0.2, 0.25) is 0 Å². The summed E-state index contributed by atoms with van der Waals surface area (Å²) in [5.74, 6) is -0.382. The molecule has 0 unspecified atom stereocenters. The third-order valence-electron chi connectivity index (χ3n) is 2.63. The van der Waals surface area contributed by atoms with E-state index in [4.69, 9.17) is 4.74 Å². The fourth-order valence-electron chi connectivity index (χ4n) is 1.81. The highest BCUT2D eigenvalue weighted by molar-refractivity contribution is 5.97.